The minimum absolute atomic E-state index is 0.0510. The van der Waals surface area contributed by atoms with Gasteiger partial charge in [0.2, 0.25) is 0 Å². The van der Waals surface area contributed by atoms with Crippen molar-refractivity contribution in [3.05, 3.63) is 12.7 Å². The van der Waals surface area contributed by atoms with E-state index in [2.05, 4.69) is 6.58 Å². The third-order valence-electron chi connectivity index (χ3n) is 4.95. The summed E-state index contributed by atoms with van der Waals surface area (Å²) < 4.78 is 0. The maximum Gasteiger partial charge on any atom is 0.0889 e. The van der Waals surface area contributed by atoms with E-state index < -0.39 is 5.60 Å². The number of hydrogen-bond donors (Lipinski definition) is 3. The first-order valence-corrected chi connectivity index (χ1v) is 5.98. The number of aliphatic hydroxyl groups is 3. The van der Waals surface area contributed by atoms with Gasteiger partial charge in [-0.1, -0.05) is 19.9 Å². The molecule has 0 aromatic carbocycles. The molecule has 2 rings (SSSR count). The summed E-state index contributed by atoms with van der Waals surface area (Å²) in [7, 11) is 0. The molecule has 2 fully saturated rings. The van der Waals surface area contributed by atoms with Crippen LogP contribution in [0, 0.1) is 16.7 Å². The zero-order valence-electron chi connectivity index (χ0n) is 10.1. The molecule has 4 unspecified atom stereocenters. The van der Waals surface area contributed by atoms with Crippen molar-refractivity contribution in [1.82, 2.24) is 0 Å². The summed E-state index contributed by atoms with van der Waals surface area (Å²) in [4.78, 5) is 0. The van der Waals surface area contributed by atoms with Crippen molar-refractivity contribution in [3.8, 4) is 0 Å². The largest absolute Gasteiger partial charge is 0.396 e. The normalized spacial score (nSPS) is 49.6. The average molecular weight is 226 g/mol. The summed E-state index contributed by atoms with van der Waals surface area (Å²) in [6.07, 6.45) is 3.06. The first-order chi connectivity index (χ1) is 7.33. The highest BCUT2D eigenvalue weighted by Gasteiger charge is 2.71. The molecule has 92 valence electrons. The van der Waals surface area contributed by atoms with Crippen molar-refractivity contribution < 1.29 is 15.3 Å². The lowest BCUT2D eigenvalue weighted by Crippen LogP contribution is -2.62. The van der Waals surface area contributed by atoms with Gasteiger partial charge in [-0.3, -0.25) is 0 Å². The topological polar surface area (TPSA) is 60.7 Å². The highest BCUT2D eigenvalue weighted by Crippen LogP contribution is 2.69. The van der Waals surface area contributed by atoms with Crippen LogP contribution in [0.5, 0.6) is 0 Å². The van der Waals surface area contributed by atoms with Gasteiger partial charge < -0.3 is 15.3 Å². The molecule has 4 atom stereocenters. The van der Waals surface area contributed by atoms with Gasteiger partial charge in [-0.25, -0.2) is 0 Å². The van der Waals surface area contributed by atoms with Gasteiger partial charge in [-0.2, -0.15) is 0 Å². The Bertz CT molecular complexity index is 312. The molecule has 0 spiro atoms. The fourth-order valence-corrected chi connectivity index (χ4v) is 4.06. The smallest absolute Gasteiger partial charge is 0.0889 e. The second-order valence-electron chi connectivity index (χ2n) is 6.18. The number of rotatable bonds is 3. The van der Waals surface area contributed by atoms with Crippen LogP contribution in [0.25, 0.3) is 0 Å². The Hall–Kier alpha value is -0.380. The molecule has 0 radical (unpaired) electrons. The van der Waals surface area contributed by atoms with E-state index in [0.717, 1.165) is 6.42 Å². The summed E-state index contributed by atoms with van der Waals surface area (Å²) in [6.45, 7) is 7.81. The summed E-state index contributed by atoms with van der Waals surface area (Å²) in [5.41, 5.74) is -1.46. The lowest BCUT2D eigenvalue weighted by atomic mass is 9.49. The third kappa shape index (κ3) is 1.19. The summed E-state index contributed by atoms with van der Waals surface area (Å²) in [6, 6.07) is 0. The second-order valence-corrected chi connectivity index (χ2v) is 6.18. The maximum atomic E-state index is 10.5. The van der Waals surface area contributed by atoms with E-state index in [1.165, 1.54) is 0 Å². The van der Waals surface area contributed by atoms with E-state index in [0.29, 0.717) is 12.8 Å². The van der Waals surface area contributed by atoms with Crippen LogP contribution in [-0.2, 0) is 0 Å². The van der Waals surface area contributed by atoms with Gasteiger partial charge in [0.1, 0.15) is 0 Å². The molecule has 0 aromatic heterocycles. The van der Waals surface area contributed by atoms with Crippen LogP contribution in [0.15, 0.2) is 12.7 Å². The molecule has 0 bridgehead atoms. The molecule has 0 aliphatic heterocycles. The van der Waals surface area contributed by atoms with Crippen LogP contribution in [0.3, 0.4) is 0 Å². The molecule has 0 saturated heterocycles. The van der Waals surface area contributed by atoms with Gasteiger partial charge in [-0.15, -0.1) is 6.58 Å². The molecule has 2 aliphatic carbocycles. The zero-order chi connectivity index (χ0) is 12.2. The summed E-state index contributed by atoms with van der Waals surface area (Å²) in [5, 5.41) is 29.9. The number of fused-ring (bicyclic) bond motifs is 1. The van der Waals surface area contributed by atoms with Crippen molar-refractivity contribution in [1.29, 1.82) is 0 Å². The predicted octanol–water partition coefficient (Wildman–Crippen LogP) is 1.08. The van der Waals surface area contributed by atoms with Crippen LogP contribution in [-0.4, -0.2) is 33.6 Å². The van der Waals surface area contributed by atoms with Crippen LogP contribution in [0.1, 0.15) is 33.1 Å². The van der Waals surface area contributed by atoms with Crippen molar-refractivity contribution in [2.45, 2.75) is 44.8 Å². The predicted molar refractivity (Wildman–Crippen MR) is 61.8 cm³/mol. The standard InChI is InChI=1S/C13H22O3/c1-4-13(16)7-9-10(15)11(2,3)8-12(9,13)5-6-14/h4,9-10,14-16H,1,5-8H2,2-3H3. The molecule has 3 heteroatoms. The Morgan fingerprint density at radius 2 is 2.06 bits per heavy atom. The Morgan fingerprint density at radius 1 is 1.44 bits per heavy atom. The fraction of sp³-hybridized carbons (Fsp3) is 0.846. The van der Waals surface area contributed by atoms with Gasteiger partial charge in [0, 0.05) is 12.0 Å². The zero-order valence-corrected chi connectivity index (χ0v) is 10.1. The van der Waals surface area contributed by atoms with Gasteiger partial charge in [0.25, 0.3) is 0 Å². The molecular weight excluding hydrogens is 204 g/mol. The molecule has 16 heavy (non-hydrogen) atoms. The van der Waals surface area contributed by atoms with Gasteiger partial charge in [0.15, 0.2) is 0 Å². The van der Waals surface area contributed by atoms with E-state index in [1.807, 2.05) is 13.8 Å². The monoisotopic (exact) mass is 226 g/mol. The first-order valence-electron chi connectivity index (χ1n) is 5.98. The minimum atomic E-state index is -0.908. The number of hydrogen-bond acceptors (Lipinski definition) is 3. The van der Waals surface area contributed by atoms with Crippen LogP contribution in [0.4, 0.5) is 0 Å². The van der Waals surface area contributed by atoms with Crippen molar-refractivity contribution in [2.24, 2.45) is 16.7 Å². The van der Waals surface area contributed by atoms with E-state index in [-0.39, 0.29) is 29.5 Å². The average Bonchev–Trinajstić information content (AvgIpc) is 2.37. The summed E-state index contributed by atoms with van der Waals surface area (Å²) in [5.74, 6) is 0.0950. The van der Waals surface area contributed by atoms with E-state index >= 15 is 0 Å². The van der Waals surface area contributed by atoms with E-state index in [9.17, 15) is 15.3 Å². The summed E-state index contributed by atoms with van der Waals surface area (Å²) >= 11 is 0. The highest BCUT2D eigenvalue weighted by molar-refractivity contribution is 5.26. The van der Waals surface area contributed by atoms with Crippen LogP contribution >= 0.6 is 0 Å². The molecule has 2 aliphatic rings. The highest BCUT2D eigenvalue weighted by atomic mass is 16.3. The maximum absolute atomic E-state index is 10.5. The minimum Gasteiger partial charge on any atom is -0.396 e. The SMILES string of the molecule is C=CC1(O)CC2C(O)C(C)(C)CC21CCO. The molecular formula is C13H22O3. The Balaban J connectivity index is 2.36. The van der Waals surface area contributed by atoms with E-state index in [4.69, 9.17) is 0 Å². The van der Waals surface area contributed by atoms with Crippen molar-refractivity contribution in [2.75, 3.05) is 6.61 Å². The Labute approximate surface area is 96.8 Å². The molecule has 0 aromatic rings. The van der Waals surface area contributed by atoms with Gasteiger partial charge in [0.05, 0.1) is 11.7 Å². The molecule has 2 saturated carbocycles. The van der Waals surface area contributed by atoms with Crippen LogP contribution < -0.4 is 0 Å². The third-order valence-corrected chi connectivity index (χ3v) is 4.95. The fourth-order valence-electron chi connectivity index (χ4n) is 4.06. The number of aliphatic hydroxyl groups excluding tert-OH is 2. The first kappa shape index (κ1) is 12.1. The molecule has 3 N–H and O–H groups in total. The molecule has 0 amide bonds. The van der Waals surface area contributed by atoms with E-state index in [1.54, 1.807) is 6.08 Å². The lowest BCUT2D eigenvalue weighted by Gasteiger charge is -2.58. The molecule has 3 nitrogen and oxygen atoms in total. The Morgan fingerprint density at radius 3 is 2.50 bits per heavy atom. The van der Waals surface area contributed by atoms with Gasteiger partial charge >= 0.3 is 0 Å². The van der Waals surface area contributed by atoms with Crippen molar-refractivity contribution in [3.63, 3.8) is 0 Å². The van der Waals surface area contributed by atoms with Gasteiger partial charge in [-0.05, 0) is 30.6 Å². The lowest BCUT2D eigenvalue weighted by molar-refractivity contribution is -0.191. The van der Waals surface area contributed by atoms with Crippen molar-refractivity contribution >= 4 is 0 Å². The second kappa shape index (κ2) is 3.31. The van der Waals surface area contributed by atoms with Crippen LogP contribution in [0.2, 0.25) is 0 Å². The molecule has 0 heterocycles. The quantitative estimate of drug-likeness (QED) is 0.631. The Kier molecular flexibility index (Phi) is 2.50.